The first-order valence-corrected chi connectivity index (χ1v) is 15.1. The van der Waals surface area contributed by atoms with Crippen LogP contribution in [-0.2, 0) is 16.9 Å². The Bertz CT molecular complexity index is 1760. The molecule has 1 aromatic heterocycles. The number of benzene rings is 5. The van der Waals surface area contributed by atoms with Gasteiger partial charge in [-0.15, -0.1) is 5.10 Å². The number of aliphatic carboxylic acids is 1. The molecule has 5 aromatic carbocycles. The molecule has 0 amide bonds. The fraction of sp³-hybridized carbons (Fsp3) is 0.158. The van der Waals surface area contributed by atoms with Gasteiger partial charge in [-0.3, -0.25) is 4.79 Å². The highest BCUT2D eigenvalue weighted by atomic mass is 16.4. The number of hydrogen-bond acceptors (Lipinski definition) is 5. The van der Waals surface area contributed by atoms with Crippen LogP contribution in [0.4, 0.5) is 0 Å². The number of nitrogens with one attached hydrogen (secondary N) is 1. The molecular weight excluding hydrogens is 558 g/mol. The summed E-state index contributed by atoms with van der Waals surface area (Å²) in [6.07, 6.45) is 0. The topological polar surface area (TPSA) is 92.9 Å². The molecule has 7 nitrogen and oxygen atoms in total. The van der Waals surface area contributed by atoms with Gasteiger partial charge >= 0.3 is 5.97 Å². The maximum absolute atomic E-state index is 11.6. The molecule has 6 aromatic rings. The summed E-state index contributed by atoms with van der Waals surface area (Å²) in [5.74, 6) is -0.227. The minimum absolute atomic E-state index is 0.0191. The van der Waals surface area contributed by atoms with Crippen molar-refractivity contribution in [3.63, 3.8) is 0 Å². The van der Waals surface area contributed by atoms with Crippen LogP contribution in [0.25, 0.3) is 22.5 Å². The van der Waals surface area contributed by atoms with Crippen molar-refractivity contribution < 1.29 is 9.90 Å². The van der Waals surface area contributed by atoms with Gasteiger partial charge in [0.1, 0.15) is 11.6 Å². The Hall–Kier alpha value is -5.40. The summed E-state index contributed by atoms with van der Waals surface area (Å²) in [5.41, 5.74) is 6.14. The molecule has 0 saturated carbocycles. The van der Waals surface area contributed by atoms with Gasteiger partial charge in [-0.1, -0.05) is 153 Å². The van der Waals surface area contributed by atoms with Crippen molar-refractivity contribution in [1.82, 2.24) is 25.5 Å². The number of carbonyl (C=O) groups is 1. The number of tetrazole rings is 1. The van der Waals surface area contributed by atoms with Gasteiger partial charge in [0.25, 0.3) is 0 Å². The lowest BCUT2D eigenvalue weighted by Crippen LogP contribution is -2.40. The Morgan fingerprint density at radius 2 is 1.20 bits per heavy atom. The Morgan fingerprint density at radius 1 is 0.711 bits per heavy atom. The number of aromatic nitrogens is 4. The maximum Gasteiger partial charge on any atom is 0.320 e. The molecule has 0 aliphatic heterocycles. The van der Waals surface area contributed by atoms with Gasteiger partial charge in [0, 0.05) is 12.1 Å². The second-order valence-corrected chi connectivity index (χ2v) is 11.4. The predicted octanol–water partition coefficient (Wildman–Crippen LogP) is 7.05. The van der Waals surface area contributed by atoms with Gasteiger partial charge in [-0.05, 0) is 49.7 Å². The second kappa shape index (κ2) is 13.1. The lowest BCUT2D eigenvalue weighted by Gasteiger charge is -2.36. The lowest BCUT2D eigenvalue weighted by atomic mass is 9.77. The largest absolute Gasteiger partial charge is 0.480 e. The average Bonchev–Trinajstić information content (AvgIpc) is 3.57. The summed E-state index contributed by atoms with van der Waals surface area (Å²) in [6, 6.07) is 46.8. The third-order valence-corrected chi connectivity index (χ3v) is 8.25. The summed E-state index contributed by atoms with van der Waals surface area (Å²) in [7, 11) is 0. The van der Waals surface area contributed by atoms with Crippen LogP contribution in [0.15, 0.2) is 140 Å². The molecule has 1 unspecified atom stereocenters. The van der Waals surface area contributed by atoms with Crippen molar-refractivity contribution in [2.24, 2.45) is 5.92 Å². The van der Waals surface area contributed by atoms with Crippen LogP contribution in [0.2, 0.25) is 0 Å². The first-order valence-electron chi connectivity index (χ1n) is 15.1. The molecule has 0 saturated heterocycles. The predicted molar refractivity (Wildman–Crippen MR) is 176 cm³/mol. The third kappa shape index (κ3) is 5.78. The number of hydrogen-bond donors (Lipinski definition) is 2. The molecule has 0 bridgehead atoms. The SMILES string of the molecule is CC(C)C(NCc1ccc(-c2ccccc2-c2nnnn2C(c2ccccc2)(c2ccccc2)c2ccccc2)cc1)C(=O)O. The smallest absolute Gasteiger partial charge is 0.320 e. The summed E-state index contributed by atoms with van der Waals surface area (Å²) < 4.78 is 1.95. The molecule has 45 heavy (non-hydrogen) atoms. The summed E-state index contributed by atoms with van der Waals surface area (Å²) in [6.45, 7) is 4.27. The second-order valence-electron chi connectivity index (χ2n) is 11.4. The Morgan fingerprint density at radius 3 is 1.69 bits per heavy atom. The fourth-order valence-electron chi connectivity index (χ4n) is 6.05. The van der Waals surface area contributed by atoms with Gasteiger partial charge < -0.3 is 10.4 Å². The van der Waals surface area contributed by atoms with Gasteiger partial charge in [-0.2, -0.15) is 0 Å². The lowest BCUT2D eigenvalue weighted by molar-refractivity contribution is -0.140. The Balaban J connectivity index is 1.47. The number of rotatable bonds is 11. The zero-order valence-corrected chi connectivity index (χ0v) is 25.3. The molecule has 1 heterocycles. The average molecular weight is 594 g/mol. The highest BCUT2D eigenvalue weighted by molar-refractivity contribution is 5.81. The Labute approximate surface area is 263 Å². The molecule has 1 atom stereocenters. The van der Waals surface area contributed by atoms with Crippen LogP contribution in [0.5, 0.6) is 0 Å². The highest BCUT2D eigenvalue weighted by Crippen LogP contribution is 2.43. The first kappa shape index (κ1) is 29.7. The van der Waals surface area contributed by atoms with Crippen molar-refractivity contribution in [1.29, 1.82) is 0 Å². The minimum atomic E-state index is -0.859. The molecule has 7 heteroatoms. The molecule has 0 aliphatic carbocycles. The molecule has 6 rings (SSSR count). The normalized spacial score (nSPS) is 12.2. The quantitative estimate of drug-likeness (QED) is 0.157. The zero-order chi connectivity index (χ0) is 31.2. The minimum Gasteiger partial charge on any atom is -0.480 e. The van der Waals surface area contributed by atoms with E-state index in [1.54, 1.807) is 0 Å². The highest BCUT2D eigenvalue weighted by Gasteiger charge is 2.42. The van der Waals surface area contributed by atoms with Crippen LogP contribution < -0.4 is 5.32 Å². The first-order chi connectivity index (χ1) is 22.0. The van der Waals surface area contributed by atoms with Gasteiger partial charge in [-0.25, -0.2) is 4.68 Å². The molecule has 0 aliphatic rings. The van der Waals surface area contributed by atoms with E-state index in [0.29, 0.717) is 12.4 Å². The van der Waals surface area contributed by atoms with Crippen LogP contribution in [0.3, 0.4) is 0 Å². The zero-order valence-electron chi connectivity index (χ0n) is 25.3. The molecule has 224 valence electrons. The van der Waals surface area contributed by atoms with E-state index in [0.717, 1.165) is 38.9 Å². The number of nitrogens with zero attached hydrogens (tertiary/aromatic N) is 4. The van der Waals surface area contributed by atoms with Crippen LogP contribution >= 0.6 is 0 Å². The summed E-state index contributed by atoms with van der Waals surface area (Å²) >= 11 is 0. The monoisotopic (exact) mass is 593 g/mol. The molecular formula is C38H35N5O2. The Kier molecular flexibility index (Phi) is 8.62. The third-order valence-electron chi connectivity index (χ3n) is 8.25. The molecule has 0 radical (unpaired) electrons. The van der Waals surface area contributed by atoms with Crippen molar-refractivity contribution in [2.45, 2.75) is 32.0 Å². The fourth-order valence-corrected chi connectivity index (χ4v) is 6.05. The van der Waals surface area contributed by atoms with E-state index in [4.69, 9.17) is 5.21 Å². The van der Waals surface area contributed by atoms with E-state index in [2.05, 4.69) is 76.3 Å². The summed E-state index contributed by atoms with van der Waals surface area (Å²) in [5, 5.41) is 26.3. The van der Waals surface area contributed by atoms with E-state index >= 15 is 0 Å². The van der Waals surface area contributed by atoms with Gasteiger partial charge in [0.15, 0.2) is 5.82 Å². The van der Waals surface area contributed by atoms with Crippen LogP contribution in [-0.4, -0.2) is 37.3 Å². The van der Waals surface area contributed by atoms with Crippen LogP contribution in [0, 0.1) is 5.92 Å². The van der Waals surface area contributed by atoms with Crippen molar-refractivity contribution in [3.05, 3.63) is 162 Å². The van der Waals surface area contributed by atoms with E-state index < -0.39 is 17.6 Å². The maximum atomic E-state index is 11.6. The van der Waals surface area contributed by atoms with Crippen molar-refractivity contribution in [3.8, 4) is 22.5 Å². The van der Waals surface area contributed by atoms with Crippen LogP contribution in [0.1, 0.15) is 36.1 Å². The van der Waals surface area contributed by atoms with E-state index in [1.807, 2.05) is 97.4 Å². The standard InChI is InChI=1S/C38H35N5O2/c1-27(2)35(37(44)45)39-26-28-22-24-29(25-23-28)33-20-12-13-21-34(33)36-40-41-42-43(36)38(30-14-6-3-7-15-30,31-16-8-4-9-17-31)32-18-10-5-11-19-32/h3-25,27,35,39H,26H2,1-2H3,(H,44,45). The number of carboxylic acid groups (broad SMARTS) is 1. The van der Waals surface area contributed by atoms with Gasteiger partial charge in [0.2, 0.25) is 0 Å². The molecule has 2 N–H and O–H groups in total. The summed E-state index contributed by atoms with van der Waals surface area (Å²) in [4.78, 5) is 11.6. The van der Waals surface area contributed by atoms with E-state index in [-0.39, 0.29) is 5.92 Å². The van der Waals surface area contributed by atoms with E-state index in [9.17, 15) is 9.90 Å². The van der Waals surface area contributed by atoms with Crippen molar-refractivity contribution >= 4 is 5.97 Å². The van der Waals surface area contributed by atoms with Gasteiger partial charge in [0.05, 0.1) is 0 Å². The molecule has 0 fully saturated rings. The van der Waals surface area contributed by atoms with E-state index in [1.165, 1.54) is 0 Å². The van der Waals surface area contributed by atoms with Crippen molar-refractivity contribution in [2.75, 3.05) is 0 Å². The number of carboxylic acids is 1. The molecule has 0 spiro atoms.